The molecular weight excluding hydrogens is 321 g/mol. The van der Waals surface area contributed by atoms with Crippen LogP contribution in [-0.4, -0.2) is 26.0 Å². The van der Waals surface area contributed by atoms with Crippen LogP contribution in [0.1, 0.15) is 22.3 Å². The molecule has 2 aromatic rings. The normalized spacial score (nSPS) is 14.4. The first-order valence-corrected chi connectivity index (χ1v) is 8.49. The number of aromatic carboxylic acids is 1. The first-order chi connectivity index (χ1) is 10.9. The maximum Gasteiger partial charge on any atom is 0.335 e. The average molecular weight is 335 g/mol. The quantitative estimate of drug-likeness (QED) is 0.936. The summed E-state index contributed by atoms with van der Waals surface area (Å²) < 4.78 is 40.6. The van der Waals surface area contributed by atoms with Crippen molar-refractivity contribution in [2.75, 3.05) is 10.8 Å². The molecule has 0 atom stereocenters. The smallest absolute Gasteiger partial charge is 0.335 e. The molecular formula is C16H14FNO4S. The summed E-state index contributed by atoms with van der Waals surface area (Å²) in [5.41, 5.74) is 1.15. The second-order valence-electron chi connectivity index (χ2n) is 5.26. The lowest BCUT2D eigenvalue weighted by atomic mass is 10.0. The van der Waals surface area contributed by atoms with E-state index in [-0.39, 0.29) is 17.0 Å². The van der Waals surface area contributed by atoms with Gasteiger partial charge in [0.15, 0.2) is 0 Å². The van der Waals surface area contributed by atoms with E-state index in [1.54, 1.807) is 0 Å². The van der Waals surface area contributed by atoms with Crippen molar-refractivity contribution in [1.29, 1.82) is 0 Å². The number of rotatable bonds is 3. The lowest BCUT2D eigenvalue weighted by Crippen LogP contribution is -2.36. The molecule has 0 saturated heterocycles. The summed E-state index contributed by atoms with van der Waals surface area (Å²) in [7, 11) is -4.03. The fourth-order valence-corrected chi connectivity index (χ4v) is 4.33. The fourth-order valence-electron chi connectivity index (χ4n) is 2.72. The van der Waals surface area contributed by atoms with Crippen molar-refractivity contribution in [2.24, 2.45) is 0 Å². The second kappa shape index (κ2) is 5.66. The number of benzene rings is 2. The van der Waals surface area contributed by atoms with E-state index in [1.807, 2.05) is 0 Å². The third kappa shape index (κ3) is 2.68. The molecule has 0 bridgehead atoms. The van der Waals surface area contributed by atoms with E-state index in [0.29, 0.717) is 24.1 Å². The Bertz CT molecular complexity index is 879. The summed E-state index contributed by atoms with van der Waals surface area (Å²) in [5, 5.41) is 9.05. The first-order valence-electron chi connectivity index (χ1n) is 7.05. The number of hydrogen-bond donors (Lipinski definition) is 1. The minimum absolute atomic E-state index is 0.105. The highest BCUT2D eigenvalue weighted by molar-refractivity contribution is 7.92. The Morgan fingerprint density at radius 2 is 1.91 bits per heavy atom. The number of nitrogens with zero attached hydrogens (tertiary/aromatic N) is 1. The zero-order chi connectivity index (χ0) is 16.6. The molecule has 120 valence electrons. The summed E-state index contributed by atoms with van der Waals surface area (Å²) in [6.07, 6.45) is 1.13. The zero-order valence-corrected chi connectivity index (χ0v) is 12.9. The van der Waals surface area contributed by atoms with Crippen LogP contribution in [0, 0.1) is 5.82 Å². The summed E-state index contributed by atoms with van der Waals surface area (Å²) in [5.74, 6) is -1.87. The lowest BCUT2D eigenvalue weighted by Gasteiger charge is -2.30. The standard InChI is InChI=1S/C16H14FNO4S/c17-13-5-1-2-6-15(13)23(21,22)18-9-3-4-11-10-12(16(19)20)7-8-14(11)18/h1-2,5-8,10H,3-4,9H2,(H,19,20). The fraction of sp³-hybridized carbons (Fsp3) is 0.188. The number of carboxylic acids is 1. The van der Waals surface area contributed by atoms with E-state index in [2.05, 4.69) is 0 Å². The Morgan fingerprint density at radius 3 is 2.61 bits per heavy atom. The van der Waals surface area contributed by atoms with E-state index >= 15 is 0 Å². The minimum atomic E-state index is -4.03. The van der Waals surface area contributed by atoms with Crippen LogP contribution < -0.4 is 4.31 Å². The molecule has 5 nitrogen and oxygen atoms in total. The van der Waals surface area contributed by atoms with Gasteiger partial charge in [-0.05, 0) is 48.7 Å². The predicted octanol–water partition coefficient (Wildman–Crippen LogP) is 2.67. The van der Waals surface area contributed by atoms with Gasteiger partial charge in [0.05, 0.1) is 11.3 Å². The molecule has 1 heterocycles. The molecule has 0 radical (unpaired) electrons. The SMILES string of the molecule is O=C(O)c1ccc2c(c1)CCCN2S(=O)(=O)c1ccccc1F. The molecule has 1 aliphatic heterocycles. The maximum absolute atomic E-state index is 13.9. The average Bonchev–Trinajstić information content (AvgIpc) is 2.53. The van der Waals surface area contributed by atoms with Crippen LogP contribution in [0.25, 0.3) is 0 Å². The van der Waals surface area contributed by atoms with Crippen molar-refractivity contribution in [3.05, 3.63) is 59.4 Å². The van der Waals surface area contributed by atoms with Crippen LogP contribution in [0.3, 0.4) is 0 Å². The van der Waals surface area contributed by atoms with Crippen LogP contribution >= 0.6 is 0 Å². The van der Waals surface area contributed by atoms with Crippen LogP contribution in [0.4, 0.5) is 10.1 Å². The summed E-state index contributed by atoms with van der Waals surface area (Å²) >= 11 is 0. The number of carboxylic acid groups (broad SMARTS) is 1. The van der Waals surface area contributed by atoms with Gasteiger partial charge in [0.2, 0.25) is 0 Å². The van der Waals surface area contributed by atoms with E-state index in [9.17, 15) is 17.6 Å². The number of hydrogen-bond acceptors (Lipinski definition) is 3. The summed E-state index contributed by atoms with van der Waals surface area (Å²) in [6.45, 7) is 0.232. The maximum atomic E-state index is 13.9. The van der Waals surface area contributed by atoms with Gasteiger partial charge in [0, 0.05) is 6.54 Å². The van der Waals surface area contributed by atoms with Crippen LogP contribution in [0.15, 0.2) is 47.4 Å². The molecule has 0 amide bonds. The van der Waals surface area contributed by atoms with Gasteiger partial charge < -0.3 is 5.11 Å². The first kappa shape index (κ1) is 15.5. The van der Waals surface area contributed by atoms with Gasteiger partial charge in [0.1, 0.15) is 10.7 Å². The molecule has 0 saturated carbocycles. The molecule has 0 fully saturated rings. The molecule has 23 heavy (non-hydrogen) atoms. The molecule has 1 N–H and O–H groups in total. The number of fused-ring (bicyclic) bond motifs is 1. The largest absolute Gasteiger partial charge is 0.478 e. The Labute approximate surface area is 133 Å². The highest BCUT2D eigenvalue weighted by Gasteiger charge is 2.31. The van der Waals surface area contributed by atoms with Crippen molar-refractivity contribution in [2.45, 2.75) is 17.7 Å². The summed E-state index contributed by atoms with van der Waals surface area (Å²) in [4.78, 5) is 10.7. The number of anilines is 1. The molecule has 0 aliphatic carbocycles. The highest BCUT2D eigenvalue weighted by Crippen LogP contribution is 2.33. The van der Waals surface area contributed by atoms with Crippen molar-refractivity contribution >= 4 is 21.7 Å². The van der Waals surface area contributed by atoms with Gasteiger partial charge in [-0.3, -0.25) is 4.31 Å². The topological polar surface area (TPSA) is 74.7 Å². The number of sulfonamides is 1. The molecule has 0 aromatic heterocycles. The Morgan fingerprint density at radius 1 is 1.17 bits per heavy atom. The van der Waals surface area contributed by atoms with Crippen LogP contribution in [0.2, 0.25) is 0 Å². The highest BCUT2D eigenvalue weighted by atomic mass is 32.2. The monoisotopic (exact) mass is 335 g/mol. The molecule has 0 spiro atoms. The molecule has 1 aliphatic rings. The van der Waals surface area contributed by atoms with E-state index in [4.69, 9.17) is 5.11 Å². The van der Waals surface area contributed by atoms with Crippen LogP contribution in [0.5, 0.6) is 0 Å². The molecule has 0 unspecified atom stereocenters. The number of halogens is 1. The molecule has 7 heteroatoms. The second-order valence-corrected chi connectivity index (χ2v) is 7.09. The van der Waals surface area contributed by atoms with E-state index in [1.165, 1.54) is 36.4 Å². The molecule has 2 aromatic carbocycles. The number of carbonyl (C=O) groups is 1. The van der Waals surface area contributed by atoms with Gasteiger partial charge in [-0.15, -0.1) is 0 Å². The Hall–Kier alpha value is -2.41. The van der Waals surface area contributed by atoms with Gasteiger partial charge in [-0.1, -0.05) is 12.1 Å². The summed E-state index contributed by atoms with van der Waals surface area (Å²) in [6, 6.07) is 9.52. The lowest BCUT2D eigenvalue weighted by molar-refractivity contribution is 0.0696. The van der Waals surface area contributed by atoms with Crippen molar-refractivity contribution in [3.8, 4) is 0 Å². The van der Waals surface area contributed by atoms with Gasteiger partial charge in [-0.25, -0.2) is 17.6 Å². The van der Waals surface area contributed by atoms with Crippen molar-refractivity contribution in [3.63, 3.8) is 0 Å². The van der Waals surface area contributed by atoms with Gasteiger partial charge in [0.25, 0.3) is 10.0 Å². The molecule has 3 rings (SSSR count). The third-order valence-corrected chi connectivity index (χ3v) is 5.65. The number of aryl methyl sites for hydroxylation is 1. The zero-order valence-electron chi connectivity index (χ0n) is 12.1. The third-order valence-electron chi connectivity index (χ3n) is 3.81. The minimum Gasteiger partial charge on any atom is -0.478 e. The van der Waals surface area contributed by atoms with Crippen molar-refractivity contribution in [1.82, 2.24) is 0 Å². The van der Waals surface area contributed by atoms with E-state index in [0.717, 1.165) is 10.4 Å². The van der Waals surface area contributed by atoms with Gasteiger partial charge >= 0.3 is 5.97 Å². The Balaban J connectivity index is 2.10. The predicted molar refractivity (Wildman–Crippen MR) is 82.7 cm³/mol. The van der Waals surface area contributed by atoms with Crippen molar-refractivity contribution < 1.29 is 22.7 Å². The van der Waals surface area contributed by atoms with Crippen LogP contribution in [-0.2, 0) is 16.4 Å². The van der Waals surface area contributed by atoms with Gasteiger partial charge in [-0.2, -0.15) is 0 Å². The van der Waals surface area contributed by atoms with E-state index < -0.39 is 21.8 Å². The Kier molecular flexibility index (Phi) is 3.81.